The van der Waals surface area contributed by atoms with Crippen LogP contribution >= 0.6 is 0 Å². The van der Waals surface area contributed by atoms with E-state index in [9.17, 15) is 0 Å². The molecule has 1 aliphatic rings. The number of hydrogen-bond acceptors (Lipinski definition) is 2. The number of ether oxygens (including phenoxy) is 1. The molecule has 54 valence electrons. The van der Waals surface area contributed by atoms with Crippen molar-refractivity contribution in [1.82, 2.24) is 5.32 Å². The molecule has 1 heterocycles. The fourth-order valence-corrected chi connectivity index (χ4v) is 1.34. The van der Waals surface area contributed by atoms with Crippen LogP contribution in [0, 0.1) is 5.92 Å². The molecule has 1 saturated heterocycles. The zero-order valence-corrected chi connectivity index (χ0v) is 6.18. The van der Waals surface area contributed by atoms with E-state index >= 15 is 0 Å². The summed E-state index contributed by atoms with van der Waals surface area (Å²) in [4.78, 5) is 0. The fraction of sp³-hybridized carbons (Fsp3) is 1.00. The quantitative estimate of drug-likeness (QED) is 0.560. The van der Waals surface area contributed by atoms with Gasteiger partial charge in [0.1, 0.15) is 0 Å². The van der Waals surface area contributed by atoms with Gasteiger partial charge in [0.05, 0.1) is 6.10 Å². The van der Waals surface area contributed by atoms with Crippen LogP contribution in [0.5, 0.6) is 0 Å². The van der Waals surface area contributed by atoms with E-state index in [1.807, 2.05) is 0 Å². The number of nitrogens with one attached hydrogen (secondary N) is 1. The Balaban J connectivity index is 2.30. The Morgan fingerprint density at radius 1 is 1.56 bits per heavy atom. The molecular weight excluding hydrogens is 114 g/mol. The molecule has 2 atom stereocenters. The molecule has 0 aromatic rings. The van der Waals surface area contributed by atoms with Crippen molar-refractivity contribution in [2.75, 3.05) is 20.2 Å². The molecule has 0 aromatic heterocycles. The summed E-state index contributed by atoms with van der Waals surface area (Å²) >= 11 is 0. The van der Waals surface area contributed by atoms with Gasteiger partial charge < -0.3 is 10.1 Å². The molecule has 0 radical (unpaired) electrons. The van der Waals surface area contributed by atoms with Crippen molar-refractivity contribution >= 4 is 0 Å². The lowest BCUT2D eigenvalue weighted by molar-refractivity contribution is 0.0380. The molecule has 2 heteroatoms. The van der Waals surface area contributed by atoms with Crippen LogP contribution < -0.4 is 5.32 Å². The van der Waals surface area contributed by atoms with Crippen molar-refractivity contribution in [3.63, 3.8) is 0 Å². The van der Waals surface area contributed by atoms with Crippen molar-refractivity contribution in [3.8, 4) is 0 Å². The Kier molecular flexibility index (Phi) is 2.49. The van der Waals surface area contributed by atoms with Gasteiger partial charge in [0.25, 0.3) is 0 Å². The second kappa shape index (κ2) is 3.18. The van der Waals surface area contributed by atoms with Gasteiger partial charge in [-0.05, 0) is 18.9 Å². The third-order valence-electron chi connectivity index (χ3n) is 2.01. The van der Waals surface area contributed by atoms with Crippen molar-refractivity contribution < 1.29 is 4.74 Å². The average Bonchev–Trinajstić information content (AvgIpc) is 1.89. The van der Waals surface area contributed by atoms with Crippen LogP contribution in [0.15, 0.2) is 0 Å². The minimum Gasteiger partial charge on any atom is -0.381 e. The van der Waals surface area contributed by atoms with Crippen molar-refractivity contribution in [2.45, 2.75) is 19.4 Å². The normalized spacial score (nSPS) is 36.7. The highest BCUT2D eigenvalue weighted by molar-refractivity contribution is 4.74. The van der Waals surface area contributed by atoms with Gasteiger partial charge in [-0.25, -0.2) is 0 Å². The summed E-state index contributed by atoms with van der Waals surface area (Å²) in [6.07, 6.45) is 1.66. The molecule has 0 unspecified atom stereocenters. The highest BCUT2D eigenvalue weighted by Crippen LogP contribution is 2.12. The predicted molar refractivity (Wildman–Crippen MR) is 37.4 cm³/mol. The van der Waals surface area contributed by atoms with Crippen LogP contribution in [0.1, 0.15) is 13.3 Å². The van der Waals surface area contributed by atoms with Gasteiger partial charge in [0, 0.05) is 13.7 Å². The fourth-order valence-electron chi connectivity index (χ4n) is 1.34. The molecule has 0 saturated carbocycles. The second-order valence-corrected chi connectivity index (χ2v) is 2.74. The number of hydrogen-bond donors (Lipinski definition) is 1. The first-order valence-electron chi connectivity index (χ1n) is 3.58. The van der Waals surface area contributed by atoms with Crippen LogP contribution in [0.4, 0.5) is 0 Å². The zero-order chi connectivity index (χ0) is 6.69. The first kappa shape index (κ1) is 7.03. The molecule has 0 spiro atoms. The Bertz CT molecular complexity index is 85.0. The maximum absolute atomic E-state index is 5.26. The Morgan fingerprint density at radius 2 is 2.33 bits per heavy atom. The van der Waals surface area contributed by atoms with Crippen LogP contribution in [-0.4, -0.2) is 26.3 Å². The van der Waals surface area contributed by atoms with Crippen molar-refractivity contribution in [3.05, 3.63) is 0 Å². The Morgan fingerprint density at radius 3 is 2.78 bits per heavy atom. The van der Waals surface area contributed by atoms with E-state index in [0.717, 1.165) is 19.5 Å². The number of piperidine rings is 1. The summed E-state index contributed by atoms with van der Waals surface area (Å²) in [5.74, 6) is 0.684. The zero-order valence-electron chi connectivity index (χ0n) is 6.18. The molecule has 1 aliphatic heterocycles. The van der Waals surface area contributed by atoms with Crippen molar-refractivity contribution in [2.24, 2.45) is 5.92 Å². The summed E-state index contributed by atoms with van der Waals surface area (Å²) in [5.41, 5.74) is 0. The van der Waals surface area contributed by atoms with E-state index in [4.69, 9.17) is 4.74 Å². The maximum Gasteiger partial charge on any atom is 0.0621 e. The number of rotatable bonds is 1. The van der Waals surface area contributed by atoms with E-state index in [0.29, 0.717) is 12.0 Å². The molecule has 0 amide bonds. The van der Waals surface area contributed by atoms with E-state index in [1.54, 1.807) is 7.11 Å². The lowest BCUT2D eigenvalue weighted by Gasteiger charge is -2.27. The minimum absolute atomic E-state index is 0.492. The van der Waals surface area contributed by atoms with E-state index in [1.165, 1.54) is 0 Å². The first-order chi connectivity index (χ1) is 4.34. The molecule has 1 rings (SSSR count). The molecule has 2 nitrogen and oxygen atoms in total. The van der Waals surface area contributed by atoms with Crippen LogP contribution in [-0.2, 0) is 4.74 Å². The molecular formula is C7H15NO. The van der Waals surface area contributed by atoms with Gasteiger partial charge in [0.15, 0.2) is 0 Å². The van der Waals surface area contributed by atoms with Crippen LogP contribution in [0.25, 0.3) is 0 Å². The molecule has 1 N–H and O–H groups in total. The third kappa shape index (κ3) is 1.66. The molecule has 1 fully saturated rings. The van der Waals surface area contributed by atoms with Crippen molar-refractivity contribution in [1.29, 1.82) is 0 Å². The number of methoxy groups -OCH3 is 1. The van der Waals surface area contributed by atoms with E-state index < -0.39 is 0 Å². The standard InChI is InChI=1S/C7H15NO/c1-6-5-8-4-3-7(6)9-2/h6-8H,3-5H2,1-2H3/t6-,7+/m0/s1. The average molecular weight is 129 g/mol. The highest BCUT2D eigenvalue weighted by atomic mass is 16.5. The first-order valence-corrected chi connectivity index (χ1v) is 3.58. The van der Waals surface area contributed by atoms with E-state index in [2.05, 4.69) is 12.2 Å². The second-order valence-electron chi connectivity index (χ2n) is 2.74. The largest absolute Gasteiger partial charge is 0.381 e. The lowest BCUT2D eigenvalue weighted by Crippen LogP contribution is -2.39. The summed E-state index contributed by atoms with van der Waals surface area (Å²) < 4.78 is 5.26. The molecule has 0 bridgehead atoms. The minimum atomic E-state index is 0.492. The van der Waals surface area contributed by atoms with Gasteiger partial charge >= 0.3 is 0 Å². The summed E-state index contributed by atoms with van der Waals surface area (Å²) in [6.45, 7) is 4.45. The molecule has 0 aromatic carbocycles. The Labute approximate surface area is 56.6 Å². The SMILES string of the molecule is CO[C@@H]1CCNC[C@@H]1C. The smallest absolute Gasteiger partial charge is 0.0621 e. The summed E-state index contributed by atoms with van der Waals surface area (Å²) in [5, 5.41) is 3.32. The molecule has 0 aliphatic carbocycles. The summed E-state index contributed by atoms with van der Waals surface area (Å²) in [7, 11) is 1.80. The highest BCUT2D eigenvalue weighted by Gasteiger charge is 2.19. The predicted octanol–water partition coefficient (Wildman–Crippen LogP) is 0.631. The van der Waals surface area contributed by atoms with Gasteiger partial charge in [-0.3, -0.25) is 0 Å². The molecule has 9 heavy (non-hydrogen) atoms. The van der Waals surface area contributed by atoms with Crippen LogP contribution in [0.2, 0.25) is 0 Å². The van der Waals surface area contributed by atoms with Gasteiger partial charge in [-0.15, -0.1) is 0 Å². The maximum atomic E-state index is 5.26. The monoisotopic (exact) mass is 129 g/mol. The van der Waals surface area contributed by atoms with Gasteiger partial charge in [0.2, 0.25) is 0 Å². The Hall–Kier alpha value is -0.0800. The van der Waals surface area contributed by atoms with Gasteiger partial charge in [-0.1, -0.05) is 6.92 Å². The van der Waals surface area contributed by atoms with Crippen LogP contribution in [0.3, 0.4) is 0 Å². The topological polar surface area (TPSA) is 21.3 Å². The van der Waals surface area contributed by atoms with Gasteiger partial charge in [-0.2, -0.15) is 0 Å². The summed E-state index contributed by atoms with van der Waals surface area (Å²) in [6, 6.07) is 0. The lowest BCUT2D eigenvalue weighted by atomic mass is 9.98. The van der Waals surface area contributed by atoms with E-state index in [-0.39, 0.29) is 0 Å². The third-order valence-corrected chi connectivity index (χ3v) is 2.01.